The summed E-state index contributed by atoms with van der Waals surface area (Å²) in [5, 5.41) is 28.5. The Morgan fingerprint density at radius 2 is 1.33 bits per heavy atom. The lowest BCUT2D eigenvalue weighted by atomic mass is 10.4. The van der Waals surface area contributed by atoms with Crippen molar-refractivity contribution in [3.8, 4) is 0 Å². The Labute approximate surface area is 198 Å². The molecule has 0 atom stereocenters. The summed E-state index contributed by atoms with van der Waals surface area (Å²) in [5.74, 6) is 0. The van der Waals surface area contributed by atoms with Crippen molar-refractivity contribution in [1.82, 2.24) is 44.5 Å². The lowest BCUT2D eigenvalue weighted by molar-refractivity contribution is 0.258. The molecule has 0 amide bonds. The summed E-state index contributed by atoms with van der Waals surface area (Å²) in [5.41, 5.74) is 0. The van der Waals surface area contributed by atoms with E-state index in [-0.39, 0.29) is 7.43 Å². The van der Waals surface area contributed by atoms with Gasteiger partial charge in [0.05, 0.1) is 19.3 Å². The molecule has 1 aliphatic heterocycles. The number of hydrogen-bond donors (Lipinski definition) is 0. The molecule has 0 saturated carbocycles. The summed E-state index contributed by atoms with van der Waals surface area (Å²) >= 11 is 0. The molecule has 0 radical (unpaired) electrons. The number of rotatable bonds is 4. The second-order valence-electron chi connectivity index (χ2n) is 8.27. The van der Waals surface area contributed by atoms with Crippen LogP contribution in [0.2, 0.25) is 0 Å². The van der Waals surface area contributed by atoms with Crippen molar-refractivity contribution < 1.29 is 0 Å². The van der Waals surface area contributed by atoms with E-state index in [1.54, 1.807) is 29.7 Å². The van der Waals surface area contributed by atoms with Crippen molar-refractivity contribution in [2.75, 3.05) is 13.1 Å². The van der Waals surface area contributed by atoms with Gasteiger partial charge in [-0.1, -0.05) is 17.9 Å². The third kappa shape index (κ3) is 12.5. The van der Waals surface area contributed by atoms with Crippen LogP contribution in [-0.4, -0.2) is 63.7 Å². The predicted octanol–water partition coefficient (Wildman–Crippen LogP) is 4.90. The molecule has 3 aromatic heterocycles. The Morgan fingerprint density at radius 3 is 1.58 bits per heavy atom. The maximum absolute atomic E-state index is 4.03. The Balaban J connectivity index is 0.000000410. The lowest BCUT2D eigenvalue weighted by Gasteiger charge is -2.14. The first-order chi connectivity index (χ1) is 15.2. The largest absolute Gasteiger partial charge is 0.318 e. The summed E-state index contributed by atoms with van der Waals surface area (Å²) in [6.45, 7) is 18.6. The monoisotopic (exact) mass is 461 g/mol. The van der Waals surface area contributed by atoms with Gasteiger partial charge in [0.15, 0.2) is 0 Å². The maximum Gasteiger partial charge on any atom is 0.119 e. The lowest BCUT2D eigenvalue weighted by Crippen LogP contribution is -2.23. The van der Waals surface area contributed by atoms with Gasteiger partial charge in [-0.25, -0.2) is 0 Å². The Bertz CT molecular complexity index is 714. The molecule has 11 heteroatoms. The Hall–Kier alpha value is -3.11. The molecule has 33 heavy (non-hydrogen) atoms. The molecule has 4 heterocycles. The van der Waals surface area contributed by atoms with Crippen LogP contribution in [0, 0.1) is 0 Å². The van der Waals surface area contributed by atoms with Crippen molar-refractivity contribution >= 4 is 0 Å². The summed E-state index contributed by atoms with van der Waals surface area (Å²) in [6.07, 6.45) is 10.7. The molecule has 0 aromatic carbocycles. The van der Waals surface area contributed by atoms with Gasteiger partial charge in [-0.2, -0.15) is 10.2 Å². The first-order valence-corrected chi connectivity index (χ1v) is 11.0. The molecule has 4 rings (SSSR count). The summed E-state index contributed by atoms with van der Waals surface area (Å²) in [6, 6.07) is 3.84. The average Bonchev–Trinajstić information content (AvgIpc) is 3.56. The summed E-state index contributed by atoms with van der Waals surface area (Å²) in [7, 11) is 0. The van der Waals surface area contributed by atoms with Gasteiger partial charge in [0.2, 0.25) is 0 Å². The maximum atomic E-state index is 4.03. The highest BCUT2D eigenvalue weighted by atomic mass is 15.6. The average molecular weight is 462 g/mol. The molecule has 0 N–H and O–H groups in total. The Kier molecular flexibility index (Phi) is 15.0. The van der Waals surface area contributed by atoms with Crippen LogP contribution in [0.3, 0.4) is 0 Å². The van der Waals surface area contributed by atoms with E-state index in [0.29, 0.717) is 24.2 Å². The molecule has 0 saturated heterocycles. The van der Waals surface area contributed by atoms with E-state index in [0.717, 1.165) is 13.1 Å². The van der Waals surface area contributed by atoms with Crippen LogP contribution < -0.4 is 0 Å². The quantitative estimate of drug-likeness (QED) is 0.547. The van der Waals surface area contributed by atoms with Crippen LogP contribution >= 0.6 is 0 Å². The van der Waals surface area contributed by atoms with Gasteiger partial charge in [-0.3, -0.25) is 14.4 Å². The molecular weight excluding hydrogens is 418 g/mol. The van der Waals surface area contributed by atoms with E-state index in [4.69, 9.17) is 0 Å². The summed E-state index contributed by atoms with van der Waals surface area (Å²) < 4.78 is 5.67. The van der Waals surface area contributed by atoms with E-state index in [1.165, 1.54) is 0 Å². The van der Waals surface area contributed by atoms with E-state index in [9.17, 15) is 0 Å². The molecule has 0 fully saturated rings. The fourth-order valence-electron chi connectivity index (χ4n) is 2.23. The van der Waals surface area contributed by atoms with Gasteiger partial charge in [-0.05, 0) is 61.5 Å². The molecule has 1 aliphatic rings. The zero-order valence-corrected chi connectivity index (χ0v) is 20.7. The zero-order chi connectivity index (χ0) is 23.9. The third-order valence-corrected chi connectivity index (χ3v) is 4.26. The van der Waals surface area contributed by atoms with Crippen LogP contribution in [0.4, 0.5) is 0 Å². The van der Waals surface area contributed by atoms with Gasteiger partial charge < -0.3 is 4.57 Å². The van der Waals surface area contributed by atoms with Crippen molar-refractivity contribution in [3.63, 3.8) is 0 Å². The topological polar surface area (TPSA) is 107 Å². The van der Waals surface area contributed by atoms with Crippen LogP contribution in [0.1, 0.15) is 80.9 Å². The number of hydrogen-bond acceptors (Lipinski definition) is 8. The molecule has 186 valence electrons. The minimum atomic E-state index is 0. The normalized spacial score (nSPS) is 12.1. The predicted molar refractivity (Wildman–Crippen MR) is 132 cm³/mol. The van der Waals surface area contributed by atoms with Crippen LogP contribution in [0.5, 0.6) is 0 Å². The second-order valence-corrected chi connectivity index (χ2v) is 8.27. The van der Waals surface area contributed by atoms with Crippen molar-refractivity contribution in [2.24, 2.45) is 10.3 Å². The van der Waals surface area contributed by atoms with Gasteiger partial charge in [0.25, 0.3) is 0 Å². The van der Waals surface area contributed by atoms with Crippen molar-refractivity contribution in [1.29, 1.82) is 0 Å². The molecule has 0 unspecified atom stereocenters. The van der Waals surface area contributed by atoms with Gasteiger partial charge in [0.1, 0.15) is 12.7 Å². The summed E-state index contributed by atoms with van der Waals surface area (Å²) in [4.78, 5) is 0. The van der Waals surface area contributed by atoms with Gasteiger partial charge in [0, 0.05) is 42.8 Å². The van der Waals surface area contributed by atoms with Gasteiger partial charge in [-0.15, -0.1) is 15.3 Å². The molecular formula is C22H43N11. The van der Waals surface area contributed by atoms with Crippen LogP contribution in [-0.2, 0) is 0 Å². The number of aromatic nitrogens is 8. The highest BCUT2D eigenvalue weighted by molar-refractivity contribution is 4.79. The Morgan fingerprint density at radius 1 is 0.697 bits per heavy atom. The van der Waals surface area contributed by atoms with E-state index >= 15 is 0 Å². The highest BCUT2D eigenvalue weighted by Gasteiger charge is 2.09. The van der Waals surface area contributed by atoms with E-state index in [2.05, 4.69) is 91.3 Å². The minimum Gasteiger partial charge on any atom is -0.318 e. The SMILES string of the molecule is C.CC(C)N1CCN=N1.CC(C)n1cccn1.CC(C)n1ccnn1.CC(C)n1cnnc1. The first-order valence-electron chi connectivity index (χ1n) is 11.0. The van der Waals surface area contributed by atoms with Gasteiger partial charge >= 0.3 is 0 Å². The fourth-order valence-corrected chi connectivity index (χ4v) is 2.23. The molecule has 3 aromatic rings. The van der Waals surface area contributed by atoms with Crippen LogP contribution in [0.15, 0.2) is 53.8 Å². The van der Waals surface area contributed by atoms with Crippen molar-refractivity contribution in [2.45, 2.75) is 87.0 Å². The van der Waals surface area contributed by atoms with Crippen molar-refractivity contribution in [3.05, 3.63) is 43.5 Å². The smallest absolute Gasteiger partial charge is 0.119 e. The molecule has 0 bridgehead atoms. The number of nitrogens with zero attached hydrogens (tertiary/aromatic N) is 11. The standard InChI is InChI=1S/C6H10N2.C5H9N3.C5H11N3.C5H9N3.CH4/c1-6(2)8-5-3-4-7-8;1-5(2)8-3-6-7-4-8;2*1-5(2)8-4-3-6-7-8;/h3-6H,1-2H3;3-5H,1-2H3;5H,3-4H2,1-2H3;3-5H,1-2H3;1H4. The van der Waals surface area contributed by atoms with Crippen LogP contribution in [0.25, 0.3) is 0 Å². The van der Waals surface area contributed by atoms with E-state index < -0.39 is 0 Å². The fraction of sp³-hybridized carbons (Fsp3) is 0.682. The van der Waals surface area contributed by atoms with E-state index in [1.807, 2.05) is 32.7 Å². The zero-order valence-electron chi connectivity index (χ0n) is 20.7. The molecule has 0 aliphatic carbocycles. The molecule has 0 spiro atoms. The molecule has 11 nitrogen and oxygen atoms in total. The third-order valence-electron chi connectivity index (χ3n) is 4.26. The minimum absolute atomic E-state index is 0. The first kappa shape index (κ1) is 29.9. The second kappa shape index (κ2) is 16.5. The highest BCUT2D eigenvalue weighted by Crippen LogP contribution is 2.04.